The average molecular weight is 363 g/mol. The van der Waals surface area contributed by atoms with Crippen LogP contribution in [0, 0.1) is 0 Å². The summed E-state index contributed by atoms with van der Waals surface area (Å²) in [5.74, 6) is 0.305. The third kappa shape index (κ3) is 2.92. The number of anilines is 1. The van der Waals surface area contributed by atoms with E-state index in [1.54, 1.807) is 10.6 Å². The molecule has 0 aliphatic carbocycles. The van der Waals surface area contributed by atoms with Gasteiger partial charge in [-0.15, -0.1) is 10.2 Å². The number of amides is 1. The number of carbonyl (C=O) groups excluding carboxylic acids is 1. The minimum Gasteiger partial charge on any atom is -0.290 e. The molecule has 1 amide bonds. The lowest BCUT2D eigenvalue weighted by atomic mass is 10.0. The Morgan fingerprint density at radius 1 is 1.15 bits per heavy atom. The smallest absolute Gasteiger partial charge is 0.258 e. The molecule has 0 fully saturated rings. The summed E-state index contributed by atoms with van der Waals surface area (Å²) in [6.07, 6.45) is 3.51. The number of nitrogens with one attached hydrogen (secondary N) is 1. The highest BCUT2D eigenvalue weighted by Crippen LogP contribution is 2.25. The lowest BCUT2D eigenvalue weighted by molar-refractivity contribution is 0.102. The SMILES string of the molecule is CC(C)c1cc(C(=O)Nc2nnc3ccccn23)c2cnn(C(C)C)c2n1. The quantitative estimate of drug-likeness (QED) is 0.600. The molecule has 0 spiro atoms. The molecular weight excluding hydrogens is 342 g/mol. The molecule has 4 rings (SSSR count). The molecule has 8 heteroatoms. The Bertz CT molecular complexity index is 1140. The summed E-state index contributed by atoms with van der Waals surface area (Å²) in [4.78, 5) is 17.8. The van der Waals surface area contributed by atoms with Gasteiger partial charge in [0.15, 0.2) is 11.3 Å². The molecule has 0 saturated carbocycles. The fraction of sp³-hybridized carbons (Fsp3) is 0.316. The van der Waals surface area contributed by atoms with Gasteiger partial charge in [-0.25, -0.2) is 9.67 Å². The van der Waals surface area contributed by atoms with Gasteiger partial charge in [-0.1, -0.05) is 19.9 Å². The minimum absolute atomic E-state index is 0.147. The molecule has 4 aromatic heterocycles. The standard InChI is InChI=1S/C19H21N7O/c1-11(2)15-9-13(14-10-20-26(12(3)4)17(14)21-15)18(27)22-19-24-23-16-7-5-6-8-25(16)19/h5-12H,1-4H3,(H,22,24,27). The normalized spacial score (nSPS) is 11.8. The Morgan fingerprint density at radius 3 is 2.70 bits per heavy atom. The van der Waals surface area contributed by atoms with Crippen LogP contribution >= 0.6 is 0 Å². The second-order valence-electron chi connectivity index (χ2n) is 7.08. The van der Waals surface area contributed by atoms with E-state index < -0.39 is 0 Å². The van der Waals surface area contributed by atoms with Gasteiger partial charge in [0.05, 0.1) is 17.1 Å². The third-order valence-corrected chi connectivity index (χ3v) is 4.45. The van der Waals surface area contributed by atoms with Crippen LogP contribution in [0.5, 0.6) is 0 Å². The molecular formula is C19H21N7O. The minimum atomic E-state index is -0.259. The van der Waals surface area contributed by atoms with Crippen molar-refractivity contribution in [3.8, 4) is 0 Å². The van der Waals surface area contributed by atoms with E-state index in [9.17, 15) is 4.79 Å². The van der Waals surface area contributed by atoms with E-state index in [4.69, 9.17) is 4.98 Å². The molecule has 0 atom stereocenters. The molecule has 0 saturated heterocycles. The number of aromatic nitrogens is 6. The molecule has 4 aromatic rings. The van der Waals surface area contributed by atoms with Crippen molar-refractivity contribution in [3.63, 3.8) is 0 Å². The van der Waals surface area contributed by atoms with Gasteiger partial charge in [0.1, 0.15) is 0 Å². The van der Waals surface area contributed by atoms with Crippen LogP contribution in [0.1, 0.15) is 55.7 Å². The largest absolute Gasteiger partial charge is 0.290 e. The highest BCUT2D eigenvalue weighted by atomic mass is 16.1. The van der Waals surface area contributed by atoms with Crippen molar-refractivity contribution in [2.75, 3.05) is 5.32 Å². The molecule has 0 aromatic carbocycles. The fourth-order valence-electron chi connectivity index (χ4n) is 2.99. The van der Waals surface area contributed by atoms with Crippen molar-refractivity contribution >= 4 is 28.5 Å². The Morgan fingerprint density at radius 2 is 1.96 bits per heavy atom. The van der Waals surface area contributed by atoms with Gasteiger partial charge < -0.3 is 0 Å². The number of rotatable bonds is 4. The summed E-state index contributed by atoms with van der Waals surface area (Å²) >= 11 is 0. The van der Waals surface area contributed by atoms with Crippen molar-refractivity contribution in [2.45, 2.75) is 39.7 Å². The predicted octanol–water partition coefficient (Wildman–Crippen LogP) is 3.43. The summed E-state index contributed by atoms with van der Waals surface area (Å²) in [6.45, 7) is 8.19. The zero-order valence-electron chi connectivity index (χ0n) is 15.7. The number of hydrogen-bond acceptors (Lipinski definition) is 5. The number of hydrogen-bond donors (Lipinski definition) is 1. The van der Waals surface area contributed by atoms with Gasteiger partial charge in [-0.3, -0.25) is 14.5 Å². The maximum absolute atomic E-state index is 13.1. The van der Waals surface area contributed by atoms with Gasteiger partial charge >= 0.3 is 0 Å². The van der Waals surface area contributed by atoms with Gasteiger partial charge in [0, 0.05) is 17.9 Å². The number of carbonyl (C=O) groups is 1. The van der Waals surface area contributed by atoms with Gasteiger partial charge in [-0.05, 0) is 38.0 Å². The van der Waals surface area contributed by atoms with E-state index in [0.717, 1.165) is 11.1 Å². The zero-order chi connectivity index (χ0) is 19.1. The van der Waals surface area contributed by atoms with Crippen molar-refractivity contribution in [1.29, 1.82) is 0 Å². The molecule has 4 heterocycles. The van der Waals surface area contributed by atoms with E-state index in [1.807, 2.05) is 49.0 Å². The molecule has 0 aliphatic heterocycles. The first kappa shape index (κ1) is 17.1. The fourth-order valence-corrected chi connectivity index (χ4v) is 2.99. The highest BCUT2D eigenvalue weighted by Gasteiger charge is 2.20. The van der Waals surface area contributed by atoms with Gasteiger partial charge in [0.25, 0.3) is 5.91 Å². The van der Waals surface area contributed by atoms with E-state index in [2.05, 4.69) is 34.5 Å². The average Bonchev–Trinajstić information content (AvgIpc) is 3.25. The number of pyridine rings is 2. The summed E-state index contributed by atoms with van der Waals surface area (Å²) in [5, 5.41) is 16.2. The molecule has 0 aliphatic rings. The highest BCUT2D eigenvalue weighted by molar-refractivity contribution is 6.11. The molecule has 0 radical (unpaired) electrons. The second kappa shape index (κ2) is 6.46. The number of fused-ring (bicyclic) bond motifs is 2. The maximum Gasteiger partial charge on any atom is 0.258 e. The summed E-state index contributed by atoms with van der Waals surface area (Å²) in [6, 6.07) is 7.54. The van der Waals surface area contributed by atoms with Crippen molar-refractivity contribution in [1.82, 2.24) is 29.4 Å². The van der Waals surface area contributed by atoms with Crippen LogP contribution in [-0.4, -0.2) is 35.3 Å². The van der Waals surface area contributed by atoms with Crippen LogP contribution in [0.15, 0.2) is 36.7 Å². The van der Waals surface area contributed by atoms with E-state index in [1.165, 1.54) is 0 Å². The molecule has 0 bridgehead atoms. The van der Waals surface area contributed by atoms with Crippen molar-refractivity contribution < 1.29 is 4.79 Å². The lowest BCUT2D eigenvalue weighted by Gasteiger charge is -2.12. The second-order valence-corrected chi connectivity index (χ2v) is 7.08. The first-order valence-electron chi connectivity index (χ1n) is 8.95. The van der Waals surface area contributed by atoms with Crippen LogP contribution in [0.25, 0.3) is 16.7 Å². The molecule has 1 N–H and O–H groups in total. The first-order valence-corrected chi connectivity index (χ1v) is 8.95. The van der Waals surface area contributed by atoms with Crippen LogP contribution in [0.2, 0.25) is 0 Å². The van der Waals surface area contributed by atoms with Crippen molar-refractivity contribution in [2.24, 2.45) is 0 Å². The van der Waals surface area contributed by atoms with Crippen LogP contribution in [-0.2, 0) is 0 Å². The van der Waals surface area contributed by atoms with E-state index in [0.29, 0.717) is 22.8 Å². The van der Waals surface area contributed by atoms with Crippen LogP contribution in [0.3, 0.4) is 0 Å². The lowest BCUT2D eigenvalue weighted by Crippen LogP contribution is -2.16. The van der Waals surface area contributed by atoms with Crippen LogP contribution < -0.4 is 5.32 Å². The Balaban J connectivity index is 1.81. The molecule has 27 heavy (non-hydrogen) atoms. The van der Waals surface area contributed by atoms with Crippen molar-refractivity contribution in [3.05, 3.63) is 47.9 Å². The predicted molar refractivity (Wildman–Crippen MR) is 103 cm³/mol. The van der Waals surface area contributed by atoms with E-state index >= 15 is 0 Å². The zero-order valence-corrected chi connectivity index (χ0v) is 15.7. The summed E-state index contributed by atoms with van der Waals surface area (Å²) in [7, 11) is 0. The monoisotopic (exact) mass is 363 g/mol. The Labute approximate surface area is 156 Å². The molecule has 0 unspecified atom stereocenters. The number of nitrogens with zero attached hydrogens (tertiary/aromatic N) is 6. The molecule has 8 nitrogen and oxygen atoms in total. The van der Waals surface area contributed by atoms with Crippen LogP contribution in [0.4, 0.5) is 5.95 Å². The first-order chi connectivity index (χ1) is 13.0. The van der Waals surface area contributed by atoms with Gasteiger partial charge in [0.2, 0.25) is 5.95 Å². The third-order valence-electron chi connectivity index (χ3n) is 4.45. The van der Waals surface area contributed by atoms with E-state index in [-0.39, 0.29) is 17.9 Å². The summed E-state index contributed by atoms with van der Waals surface area (Å²) < 4.78 is 3.57. The maximum atomic E-state index is 13.1. The Kier molecular flexibility index (Phi) is 4.10. The molecule has 138 valence electrons. The Hall–Kier alpha value is -3.29. The van der Waals surface area contributed by atoms with Gasteiger partial charge in [-0.2, -0.15) is 5.10 Å². The topological polar surface area (TPSA) is 90.0 Å². The summed E-state index contributed by atoms with van der Waals surface area (Å²) in [5.41, 5.74) is 2.76.